The molecule has 124 valence electrons. The number of nitrogens with one attached hydrogen (secondary N) is 1. The number of rotatable bonds is 3. The van der Waals surface area contributed by atoms with E-state index in [1.54, 1.807) is 16.9 Å². The Labute approximate surface area is 133 Å². The lowest BCUT2D eigenvalue weighted by Gasteiger charge is -2.07. The largest absolute Gasteiger partial charge is 0.443 e. The standard InChI is InChI=1S/C13H13F3N4O2S/c1-7-10(18-12(23-7)13(14,15)16)11(21)17-9-2-4-20(19-9)8-3-5-22-6-8/h2,4,8H,3,5-6H2,1H3,(H,17,19,21). The first kappa shape index (κ1) is 15.9. The summed E-state index contributed by atoms with van der Waals surface area (Å²) >= 11 is 0.447. The number of hydrogen-bond acceptors (Lipinski definition) is 5. The second kappa shape index (κ2) is 5.93. The van der Waals surface area contributed by atoms with E-state index in [0.717, 1.165) is 6.42 Å². The fraction of sp³-hybridized carbons (Fsp3) is 0.462. The number of aryl methyl sites for hydroxylation is 1. The van der Waals surface area contributed by atoms with Crippen LogP contribution < -0.4 is 5.32 Å². The van der Waals surface area contributed by atoms with Crippen LogP contribution in [0.4, 0.5) is 19.0 Å². The van der Waals surface area contributed by atoms with Crippen molar-refractivity contribution in [3.8, 4) is 0 Å². The average molecular weight is 346 g/mol. The molecule has 0 aliphatic carbocycles. The van der Waals surface area contributed by atoms with Gasteiger partial charge in [0.25, 0.3) is 5.91 Å². The Bertz CT molecular complexity index is 719. The van der Waals surface area contributed by atoms with Crippen LogP contribution in [-0.2, 0) is 10.9 Å². The van der Waals surface area contributed by atoms with Gasteiger partial charge in [-0.25, -0.2) is 4.98 Å². The maximum absolute atomic E-state index is 12.6. The Hall–Kier alpha value is -1.94. The molecule has 1 atom stereocenters. The van der Waals surface area contributed by atoms with Crippen molar-refractivity contribution >= 4 is 23.1 Å². The van der Waals surface area contributed by atoms with Gasteiger partial charge in [-0.3, -0.25) is 9.48 Å². The van der Waals surface area contributed by atoms with E-state index in [1.165, 1.54) is 6.92 Å². The van der Waals surface area contributed by atoms with Gasteiger partial charge in [0, 0.05) is 23.7 Å². The van der Waals surface area contributed by atoms with E-state index in [1.807, 2.05) is 0 Å². The molecular formula is C13H13F3N4O2S. The molecule has 3 heterocycles. The number of carbonyl (C=O) groups is 1. The molecule has 0 radical (unpaired) electrons. The van der Waals surface area contributed by atoms with Gasteiger partial charge in [0.15, 0.2) is 10.8 Å². The normalized spacial score (nSPS) is 18.3. The van der Waals surface area contributed by atoms with Crippen molar-refractivity contribution in [3.63, 3.8) is 0 Å². The number of hydrogen-bond donors (Lipinski definition) is 1. The van der Waals surface area contributed by atoms with Gasteiger partial charge in [-0.15, -0.1) is 11.3 Å². The van der Waals surface area contributed by atoms with Crippen molar-refractivity contribution in [2.45, 2.75) is 25.6 Å². The second-order valence-electron chi connectivity index (χ2n) is 5.07. The molecule has 0 bridgehead atoms. The summed E-state index contributed by atoms with van der Waals surface area (Å²) < 4.78 is 44.8. The zero-order chi connectivity index (χ0) is 16.6. The van der Waals surface area contributed by atoms with Crippen LogP contribution in [0.15, 0.2) is 12.3 Å². The smallest absolute Gasteiger partial charge is 0.379 e. The van der Waals surface area contributed by atoms with Crippen molar-refractivity contribution in [2.75, 3.05) is 18.5 Å². The lowest BCUT2D eigenvalue weighted by Crippen LogP contribution is -2.16. The molecular weight excluding hydrogens is 333 g/mol. The van der Waals surface area contributed by atoms with Crippen molar-refractivity contribution in [2.24, 2.45) is 0 Å². The Morgan fingerprint density at radius 1 is 1.52 bits per heavy atom. The zero-order valence-electron chi connectivity index (χ0n) is 12.1. The number of anilines is 1. The number of carbonyl (C=O) groups excluding carboxylic acids is 1. The summed E-state index contributed by atoms with van der Waals surface area (Å²) in [5.74, 6) is -0.440. The average Bonchev–Trinajstić information content (AvgIpc) is 3.15. The van der Waals surface area contributed by atoms with E-state index in [-0.39, 0.29) is 22.4 Å². The molecule has 3 rings (SSSR count). The van der Waals surface area contributed by atoms with Crippen LogP contribution in [0.25, 0.3) is 0 Å². The highest BCUT2D eigenvalue weighted by Gasteiger charge is 2.36. The van der Waals surface area contributed by atoms with Gasteiger partial charge >= 0.3 is 6.18 Å². The molecule has 23 heavy (non-hydrogen) atoms. The summed E-state index contributed by atoms with van der Waals surface area (Å²) in [5.41, 5.74) is -0.235. The topological polar surface area (TPSA) is 69.0 Å². The molecule has 1 N–H and O–H groups in total. The maximum atomic E-state index is 12.6. The lowest BCUT2D eigenvalue weighted by molar-refractivity contribution is -0.137. The highest BCUT2D eigenvalue weighted by Crippen LogP contribution is 2.34. The van der Waals surface area contributed by atoms with Crippen LogP contribution in [0.1, 0.15) is 32.8 Å². The van der Waals surface area contributed by atoms with E-state index in [4.69, 9.17) is 4.74 Å². The van der Waals surface area contributed by atoms with Crippen molar-refractivity contribution in [1.82, 2.24) is 14.8 Å². The van der Waals surface area contributed by atoms with Crippen molar-refractivity contribution < 1.29 is 22.7 Å². The summed E-state index contributed by atoms with van der Waals surface area (Å²) in [6.07, 6.45) is -2.03. The number of thiazole rings is 1. The predicted molar refractivity (Wildman–Crippen MR) is 76.5 cm³/mol. The van der Waals surface area contributed by atoms with Crippen LogP contribution in [0.3, 0.4) is 0 Å². The van der Waals surface area contributed by atoms with E-state index < -0.39 is 17.1 Å². The number of halogens is 3. The summed E-state index contributed by atoms with van der Waals surface area (Å²) in [4.78, 5) is 15.7. The molecule has 0 saturated carbocycles. The lowest BCUT2D eigenvalue weighted by atomic mass is 10.3. The van der Waals surface area contributed by atoms with Gasteiger partial charge in [-0.05, 0) is 13.3 Å². The van der Waals surface area contributed by atoms with E-state index in [0.29, 0.717) is 24.6 Å². The fourth-order valence-corrected chi connectivity index (χ4v) is 3.02. The van der Waals surface area contributed by atoms with Crippen LogP contribution in [0.5, 0.6) is 0 Å². The van der Waals surface area contributed by atoms with E-state index >= 15 is 0 Å². The van der Waals surface area contributed by atoms with Gasteiger partial charge in [0.05, 0.1) is 12.6 Å². The molecule has 1 saturated heterocycles. The quantitative estimate of drug-likeness (QED) is 0.928. The molecule has 1 amide bonds. The van der Waals surface area contributed by atoms with Gasteiger partial charge in [0.1, 0.15) is 5.69 Å². The minimum absolute atomic E-state index is 0.110. The molecule has 1 aliphatic heterocycles. The summed E-state index contributed by atoms with van der Waals surface area (Å²) in [7, 11) is 0. The highest BCUT2D eigenvalue weighted by atomic mass is 32.1. The summed E-state index contributed by atoms with van der Waals surface area (Å²) in [6.45, 7) is 2.63. The number of ether oxygens (including phenoxy) is 1. The molecule has 0 spiro atoms. The predicted octanol–water partition coefficient (Wildman–Crippen LogP) is 2.88. The molecule has 2 aromatic rings. The Balaban J connectivity index is 1.73. The molecule has 6 nitrogen and oxygen atoms in total. The highest BCUT2D eigenvalue weighted by molar-refractivity contribution is 7.12. The van der Waals surface area contributed by atoms with Crippen LogP contribution in [0, 0.1) is 6.92 Å². The number of amides is 1. The summed E-state index contributed by atoms with van der Waals surface area (Å²) in [6, 6.07) is 1.70. The number of nitrogens with zero attached hydrogens (tertiary/aromatic N) is 3. The van der Waals surface area contributed by atoms with E-state index in [9.17, 15) is 18.0 Å². The number of aromatic nitrogens is 3. The first-order valence-corrected chi connectivity index (χ1v) is 7.65. The molecule has 1 unspecified atom stereocenters. The Morgan fingerprint density at radius 3 is 2.91 bits per heavy atom. The van der Waals surface area contributed by atoms with Gasteiger partial charge in [0.2, 0.25) is 0 Å². The first-order valence-electron chi connectivity index (χ1n) is 6.83. The van der Waals surface area contributed by atoms with Crippen LogP contribution in [0.2, 0.25) is 0 Å². The Morgan fingerprint density at radius 2 is 2.30 bits per heavy atom. The minimum atomic E-state index is -4.56. The first-order chi connectivity index (χ1) is 10.8. The third kappa shape index (κ3) is 3.37. The minimum Gasteiger partial charge on any atom is -0.379 e. The van der Waals surface area contributed by atoms with Gasteiger partial charge < -0.3 is 10.1 Å². The second-order valence-corrected chi connectivity index (χ2v) is 6.28. The monoisotopic (exact) mass is 346 g/mol. The van der Waals surface area contributed by atoms with Gasteiger partial charge in [-0.2, -0.15) is 18.3 Å². The molecule has 1 aliphatic rings. The molecule has 10 heteroatoms. The third-order valence-electron chi connectivity index (χ3n) is 3.38. The molecule has 1 fully saturated rings. The summed E-state index contributed by atoms with van der Waals surface area (Å²) in [5, 5.41) is 5.64. The maximum Gasteiger partial charge on any atom is 0.443 e. The van der Waals surface area contributed by atoms with Gasteiger partial charge in [-0.1, -0.05) is 0 Å². The van der Waals surface area contributed by atoms with Crippen LogP contribution in [-0.4, -0.2) is 33.9 Å². The van der Waals surface area contributed by atoms with E-state index in [2.05, 4.69) is 15.4 Å². The molecule has 2 aromatic heterocycles. The fourth-order valence-electron chi connectivity index (χ4n) is 2.24. The SMILES string of the molecule is Cc1sc(C(F)(F)F)nc1C(=O)Nc1ccn(C2CCOC2)n1. The Kier molecular flexibility index (Phi) is 4.11. The third-order valence-corrected chi connectivity index (χ3v) is 4.40. The van der Waals surface area contributed by atoms with Crippen molar-refractivity contribution in [1.29, 1.82) is 0 Å². The van der Waals surface area contributed by atoms with Crippen molar-refractivity contribution in [3.05, 3.63) is 27.8 Å². The number of alkyl halides is 3. The molecule has 0 aromatic carbocycles. The van der Waals surface area contributed by atoms with Crippen LogP contribution >= 0.6 is 11.3 Å². The zero-order valence-corrected chi connectivity index (χ0v) is 12.9.